The smallest absolute Gasteiger partial charge is 0.220 e. The molecule has 1 fully saturated rings. The van der Waals surface area contributed by atoms with Crippen LogP contribution in [0.15, 0.2) is 42.0 Å². The van der Waals surface area contributed by atoms with Crippen LogP contribution in [-0.2, 0) is 4.84 Å². The fourth-order valence-electron chi connectivity index (χ4n) is 3.37. The Balaban J connectivity index is 1.65. The number of nitrogens with one attached hydrogen (secondary N) is 1. The van der Waals surface area contributed by atoms with Gasteiger partial charge in [-0.3, -0.25) is 4.84 Å². The zero-order valence-corrected chi connectivity index (χ0v) is 13.0. The van der Waals surface area contributed by atoms with Crippen LogP contribution in [0.4, 0.5) is 5.95 Å². The summed E-state index contributed by atoms with van der Waals surface area (Å²) in [4.78, 5) is 14.6. The van der Waals surface area contributed by atoms with E-state index in [0.717, 1.165) is 35.5 Å². The van der Waals surface area contributed by atoms with Crippen LogP contribution in [0.25, 0.3) is 5.57 Å². The number of anilines is 1. The van der Waals surface area contributed by atoms with E-state index in [-0.39, 0.29) is 6.10 Å². The van der Waals surface area contributed by atoms with Crippen molar-refractivity contribution < 1.29 is 4.84 Å². The maximum absolute atomic E-state index is 6.26. The first-order valence-corrected chi connectivity index (χ1v) is 8.22. The molecule has 1 aromatic heterocycles. The van der Waals surface area contributed by atoms with Crippen LogP contribution in [0.2, 0.25) is 0 Å². The number of rotatable bonds is 3. The lowest BCUT2D eigenvalue weighted by Crippen LogP contribution is -2.29. The van der Waals surface area contributed by atoms with Gasteiger partial charge in [-0.05, 0) is 31.1 Å². The Morgan fingerprint density at radius 3 is 2.96 bits per heavy atom. The predicted molar refractivity (Wildman–Crippen MR) is 88.4 cm³/mol. The second-order valence-corrected chi connectivity index (χ2v) is 6.09. The number of nitrogen functional groups attached to an aromatic ring is 1. The molecule has 6 heteroatoms. The van der Waals surface area contributed by atoms with Crippen LogP contribution in [0.3, 0.4) is 0 Å². The van der Waals surface area contributed by atoms with Crippen LogP contribution in [-0.4, -0.2) is 27.7 Å². The third-order valence-electron chi connectivity index (χ3n) is 4.50. The number of allylic oxidation sites excluding steroid dienone is 2. The molecule has 2 aliphatic heterocycles. The van der Waals surface area contributed by atoms with Gasteiger partial charge in [0.15, 0.2) is 0 Å². The molecule has 0 unspecified atom stereocenters. The second kappa shape index (κ2) is 6.04. The fourth-order valence-corrected chi connectivity index (χ4v) is 3.37. The number of nitrogens with zero attached hydrogens (tertiary/aromatic N) is 3. The summed E-state index contributed by atoms with van der Waals surface area (Å²) in [6.07, 6.45) is 14.1. The van der Waals surface area contributed by atoms with E-state index in [1.165, 1.54) is 19.3 Å². The van der Waals surface area contributed by atoms with Crippen molar-refractivity contribution in [2.24, 2.45) is 0 Å². The highest BCUT2D eigenvalue weighted by Crippen LogP contribution is 2.34. The molecule has 0 radical (unpaired) electrons. The van der Waals surface area contributed by atoms with Crippen LogP contribution in [0.5, 0.6) is 0 Å². The number of nitrogens with two attached hydrogens (primary N) is 1. The third kappa shape index (κ3) is 2.82. The molecule has 0 aromatic carbocycles. The zero-order valence-electron chi connectivity index (χ0n) is 13.0. The van der Waals surface area contributed by atoms with Crippen molar-refractivity contribution in [3.05, 3.63) is 47.7 Å². The topological polar surface area (TPSA) is 76.3 Å². The standard InChI is InChI=1S/C17H21N5O/c18-17-19-9-8-14(21-17)13-11-20-15-7-4-10-22(16(13)15)23-12-5-2-1-3-6-12/h4,7-10,12,20H,1-3,5-6,11H2,(H2,18,19,21). The van der Waals surface area contributed by atoms with Crippen molar-refractivity contribution in [1.82, 2.24) is 20.3 Å². The molecule has 4 rings (SSSR count). The molecule has 0 bridgehead atoms. The van der Waals surface area contributed by atoms with Gasteiger partial charge in [0.2, 0.25) is 5.95 Å². The van der Waals surface area contributed by atoms with Gasteiger partial charge in [-0.1, -0.05) is 19.3 Å². The first-order chi connectivity index (χ1) is 11.3. The van der Waals surface area contributed by atoms with Gasteiger partial charge in [-0.2, -0.15) is 0 Å². The molecule has 0 saturated heterocycles. The zero-order chi connectivity index (χ0) is 15.6. The van der Waals surface area contributed by atoms with E-state index in [4.69, 9.17) is 10.6 Å². The summed E-state index contributed by atoms with van der Waals surface area (Å²) in [5, 5.41) is 5.31. The molecule has 3 aliphatic rings. The van der Waals surface area contributed by atoms with Gasteiger partial charge in [0.05, 0.1) is 23.2 Å². The van der Waals surface area contributed by atoms with Crippen molar-refractivity contribution in [2.45, 2.75) is 38.2 Å². The Morgan fingerprint density at radius 2 is 2.13 bits per heavy atom. The lowest BCUT2D eigenvalue weighted by Gasteiger charge is -2.31. The first-order valence-electron chi connectivity index (χ1n) is 8.22. The largest absolute Gasteiger partial charge is 0.379 e. The van der Waals surface area contributed by atoms with Crippen LogP contribution >= 0.6 is 0 Å². The minimum absolute atomic E-state index is 0.289. The van der Waals surface area contributed by atoms with Gasteiger partial charge in [0.25, 0.3) is 0 Å². The summed E-state index contributed by atoms with van der Waals surface area (Å²) < 4.78 is 0. The SMILES string of the molecule is Nc1nccc(C2=C3C(=CC=CN3OC3CCCCC3)NC2)n1. The van der Waals surface area contributed by atoms with Gasteiger partial charge in [-0.25, -0.2) is 15.0 Å². The number of hydroxylamine groups is 2. The fraction of sp³-hybridized carbons (Fsp3) is 0.412. The van der Waals surface area contributed by atoms with E-state index >= 15 is 0 Å². The molecular formula is C17H21N5O. The van der Waals surface area contributed by atoms with Crippen molar-refractivity contribution in [3.8, 4) is 0 Å². The molecule has 23 heavy (non-hydrogen) atoms. The van der Waals surface area contributed by atoms with Crippen LogP contribution in [0, 0.1) is 0 Å². The summed E-state index contributed by atoms with van der Waals surface area (Å²) in [5.41, 5.74) is 9.77. The average Bonchev–Trinajstić information content (AvgIpc) is 3.01. The number of fused-ring (bicyclic) bond motifs is 1. The number of hydrogen-bond acceptors (Lipinski definition) is 6. The molecule has 120 valence electrons. The van der Waals surface area contributed by atoms with E-state index in [0.29, 0.717) is 12.5 Å². The molecule has 3 N–H and O–H groups in total. The van der Waals surface area contributed by atoms with Crippen molar-refractivity contribution in [3.63, 3.8) is 0 Å². The normalized spacial score (nSPS) is 21.2. The Kier molecular flexibility index (Phi) is 3.75. The van der Waals surface area contributed by atoms with E-state index in [9.17, 15) is 0 Å². The maximum Gasteiger partial charge on any atom is 0.220 e. The molecule has 0 amide bonds. The molecule has 1 aliphatic carbocycles. The Bertz CT molecular complexity index is 688. The predicted octanol–water partition coefficient (Wildman–Crippen LogP) is 2.35. The van der Waals surface area contributed by atoms with E-state index in [1.807, 2.05) is 23.4 Å². The highest BCUT2D eigenvalue weighted by molar-refractivity contribution is 5.75. The van der Waals surface area contributed by atoms with Gasteiger partial charge in [0.1, 0.15) is 0 Å². The Labute approximate surface area is 135 Å². The monoisotopic (exact) mass is 311 g/mol. The van der Waals surface area contributed by atoms with Crippen LogP contribution in [0.1, 0.15) is 37.8 Å². The van der Waals surface area contributed by atoms with Gasteiger partial charge >= 0.3 is 0 Å². The number of hydrogen-bond donors (Lipinski definition) is 2. The second-order valence-electron chi connectivity index (χ2n) is 6.09. The van der Waals surface area contributed by atoms with E-state index < -0.39 is 0 Å². The molecule has 0 atom stereocenters. The van der Waals surface area contributed by atoms with Gasteiger partial charge in [-0.15, -0.1) is 0 Å². The van der Waals surface area contributed by atoms with Gasteiger partial charge in [0, 0.05) is 24.5 Å². The van der Waals surface area contributed by atoms with Gasteiger partial charge < -0.3 is 11.1 Å². The van der Waals surface area contributed by atoms with E-state index in [2.05, 4.69) is 21.4 Å². The van der Waals surface area contributed by atoms with Crippen molar-refractivity contribution in [2.75, 3.05) is 12.3 Å². The quantitative estimate of drug-likeness (QED) is 0.892. The highest BCUT2D eigenvalue weighted by Gasteiger charge is 2.29. The Hall–Kier alpha value is -2.34. The molecule has 6 nitrogen and oxygen atoms in total. The lowest BCUT2D eigenvalue weighted by molar-refractivity contribution is -0.149. The summed E-state index contributed by atoms with van der Waals surface area (Å²) >= 11 is 0. The lowest BCUT2D eigenvalue weighted by atomic mass is 9.98. The third-order valence-corrected chi connectivity index (χ3v) is 4.50. The molecule has 3 heterocycles. The summed E-state index contributed by atoms with van der Waals surface area (Å²) in [5.74, 6) is 0.291. The summed E-state index contributed by atoms with van der Waals surface area (Å²) in [6, 6.07) is 1.89. The first kappa shape index (κ1) is 14.3. The number of aromatic nitrogens is 2. The minimum Gasteiger partial charge on any atom is -0.379 e. The highest BCUT2D eigenvalue weighted by atomic mass is 16.7. The van der Waals surface area contributed by atoms with E-state index in [1.54, 1.807) is 6.20 Å². The summed E-state index contributed by atoms with van der Waals surface area (Å²) in [7, 11) is 0. The molecule has 0 spiro atoms. The van der Waals surface area contributed by atoms with Crippen LogP contribution < -0.4 is 11.1 Å². The molecule has 1 aromatic rings. The average molecular weight is 311 g/mol. The minimum atomic E-state index is 0.289. The van der Waals surface area contributed by atoms with Crippen molar-refractivity contribution in [1.29, 1.82) is 0 Å². The van der Waals surface area contributed by atoms with Crippen molar-refractivity contribution >= 4 is 11.5 Å². The summed E-state index contributed by atoms with van der Waals surface area (Å²) in [6.45, 7) is 0.712. The molecule has 1 saturated carbocycles. The molecular weight excluding hydrogens is 290 g/mol. The maximum atomic E-state index is 6.26. The Morgan fingerprint density at radius 1 is 1.26 bits per heavy atom.